The molecule has 4 aliphatic rings. The molecule has 46 heteroatoms. The number of carbonyl (C=O) groups excluding carboxylic acids is 16. The number of guanidine groups is 1. The van der Waals surface area contributed by atoms with Gasteiger partial charge in [0.15, 0.2) is 5.96 Å². The Morgan fingerprint density at radius 3 is 1.65 bits per heavy atom. The lowest BCUT2D eigenvalue weighted by atomic mass is 9.97. The third kappa shape index (κ3) is 29.2. The number of thioether (sulfide) groups is 1. The number of rotatable bonds is 27. The molecule has 10 rings (SSSR count). The Morgan fingerprint density at radius 2 is 1.05 bits per heavy atom. The molecule has 748 valence electrons. The molecular weight excluding hydrogens is 1810 g/mol. The average Bonchev–Trinajstić information content (AvgIpc) is 1.67. The number of carbonyl (C=O) groups is 17. The quantitative estimate of drug-likeness (QED) is 0.0138. The number of H-pyrrole nitrogens is 3. The number of hydrogen-bond acceptors (Lipinski definition) is 24. The molecule has 6 aromatic rings. The molecule has 0 bridgehead atoms. The molecule has 25 N–H and O–H groups in total. The number of aromatic amines is 3. The van der Waals surface area contributed by atoms with Crippen LogP contribution in [0, 0.1) is 5.41 Å². The number of amides is 16. The standard InChI is InChI=1S/C92H128N24O21S/c1-5-7-24-70-83(129)104-61(23-16-33-98-92(95)96)79(125)111-69(78(124)101-45-75(94)120)48-138-49-76(121)103-65(36-51-28-30-55(118)31-29-51)89(135)114-34-14-13-26-71(114)85(131)109-67(41-77(122)123)90(136)115-35-17-27-72(115)84(130)107-64(39-54-44-97-50-102-54)81(127)105-62(22-15-32-93)88(134)116-46-56(119)40-74(116)86(132)106-63(37-52-42-99-59-20-11-9-18-57(52)59)80(126)110-68(47-117)82(128)108-66(38-53-43-100-60-21-12-10-19-58(53)60)87(133)113(4)73(25-8-6-2)91(137)112(70)3/h9-12,18-21,28-31,42-44,50,56,61-74,99-100,117-119H,5-8,13-17,22-27,32-41,45-49,93H2,1-4H3,(H2,94,120)(H,97,102)(H,101,124)(H,103,121)(H,104,129)(H,105,127)(H,106,132)(H,107,130)(H,108,128)(H,109,131)(H,110,126)(H,111,125)(H,122,123)(H4,95,96,98)/t56-,61+,62+,63-,64+,65+,66+,67+,68-,69+,70+,71?,72+,73+,74+/m1/s1. The summed E-state index contributed by atoms with van der Waals surface area (Å²) in [6.07, 6.45) is 3.86. The number of aromatic hydroxyl groups is 1. The summed E-state index contributed by atoms with van der Waals surface area (Å²) in [6.45, 7) is 1.02. The van der Waals surface area contributed by atoms with Crippen LogP contribution in [0.4, 0.5) is 0 Å². The van der Waals surface area contributed by atoms with Gasteiger partial charge in [-0.3, -0.25) is 86.9 Å². The van der Waals surface area contributed by atoms with Crippen molar-refractivity contribution in [2.75, 3.05) is 71.5 Å². The Balaban J connectivity index is 1.03. The van der Waals surface area contributed by atoms with E-state index in [1.54, 1.807) is 60.9 Å². The number of nitrogens with zero attached hydrogens (tertiary/aromatic N) is 6. The van der Waals surface area contributed by atoms with Crippen LogP contribution in [-0.4, -0.2) is 333 Å². The van der Waals surface area contributed by atoms with E-state index in [4.69, 9.17) is 22.6 Å². The second-order valence-corrected chi connectivity index (χ2v) is 36.1. The minimum atomic E-state index is -1.91. The maximum atomic E-state index is 15.8. The molecule has 0 aliphatic carbocycles. The third-order valence-corrected chi connectivity index (χ3v) is 26.1. The van der Waals surface area contributed by atoms with E-state index in [-0.39, 0.29) is 121 Å². The molecule has 7 heterocycles. The van der Waals surface area contributed by atoms with Gasteiger partial charge in [0.25, 0.3) is 0 Å². The number of para-hydroxylation sites is 2. The minimum Gasteiger partial charge on any atom is -0.508 e. The van der Waals surface area contributed by atoms with Crippen molar-refractivity contribution in [3.63, 3.8) is 0 Å². The average molecular weight is 1940 g/mol. The SMILES string of the molecule is CCCC[C@H]1C(=O)N(C)[C@@H](CCCC)C(=O)N[C@@H](CCCNC(=N)N)C(=O)N[C@H](C(=O)NCC(N)=O)CSCC(=O)N[C@@H](Cc2ccc(O)cc2)C(=O)N2CCCCC2C(=O)N[C@@H](CC(=O)O)C(=O)N2CCC[C@H]2C(=O)N[C@@H](Cc2c[nH]cn2)C(=O)N[C@@H](CCCN)C(=O)N2C[C@H](O)C[C@H]2C(=O)N[C@H](Cc2c[nH]c3ccccc23)C(=O)N[C@H](CO)C(=O)N[C@@H](Cc2c[nH]c3ccccc23)C(=O)N1C. The number of carboxylic acids is 1. The van der Waals surface area contributed by atoms with Crippen molar-refractivity contribution >= 4 is 140 Å². The first kappa shape index (κ1) is 106. The van der Waals surface area contributed by atoms with E-state index < -0.39 is 241 Å². The van der Waals surface area contributed by atoms with E-state index in [2.05, 4.69) is 78.4 Å². The van der Waals surface area contributed by atoms with Gasteiger partial charge in [0.1, 0.15) is 90.3 Å². The smallest absolute Gasteiger partial charge is 0.305 e. The monoisotopic (exact) mass is 1940 g/mol. The van der Waals surface area contributed by atoms with E-state index in [0.717, 1.165) is 31.4 Å². The highest BCUT2D eigenvalue weighted by molar-refractivity contribution is 8.00. The maximum absolute atomic E-state index is 15.8. The number of likely N-dealkylation sites (N-methyl/N-ethyl adjacent to an activating group) is 2. The summed E-state index contributed by atoms with van der Waals surface area (Å²) in [6, 6.07) is -2.50. The van der Waals surface area contributed by atoms with Crippen molar-refractivity contribution in [1.29, 1.82) is 5.41 Å². The normalized spacial score (nSPS) is 24.9. The highest BCUT2D eigenvalue weighted by Gasteiger charge is 2.47. The summed E-state index contributed by atoms with van der Waals surface area (Å²) in [7, 11) is 2.68. The number of aliphatic hydroxyl groups excluding tert-OH is 2. The van der Waals surface area contributed by atoms with Gasteiger partial charge >= 0.3 is 5.97 Å². The zero-order valence-electron chi connectivity index (χ0n) is 77.7. The number of nitrogens with two attached hydrogens (primary N) is 3. The van der Waals surface area contributed by atoms with Crippen LogP contribution >= 0.6 is 11.8 Å². The zero-order valence-corrected chi connectivity index (χ0v) is 78.5. The van der Waals surface area contributed by atoms with Crippen LogP contribution in [0.1, 0.15) is 145 Å². The Morgan fingerprint density at radius 1 is 0.529 bits per heavy atom. The number of fused-ring (bicyclic) bond motifs is 5. The lowest BCUT2D eigenvalue weighted by Crippen LogP contribution is -2.62. The van der Waals surface area contributed by atoms with Gasteiger partial charge in [-0.1, -0.05) is 88.1 Å². The Labute approximate surface area is 800 Å². The van der Waals surface area contributed by atoms with E-state index in [0.29, 0.717) is 77.0 Å². The van der Waals surface area contributed by atoms with Crippen LogP contribution in [0.3, 0.4) is 0 Å². The van der Waals surface area contributed by atoms with E-state index in [1.807, 2.05) is 13.8 Å². The fourth-order valence-electron chi connectivity index (χ4n) is 17.7. The lowest BCUT2D eigenvalue weighted by molar-refractivity contribution is -0.149. The largest absolute Gasteiger partial charge is 0.508 e. The van der Waals surface area contributed by atoms with Gasteiger partial charge in [-0.2, -0.15) is 0 Å². The number of aliphatic carboxylic acids is 1. The van der Waals surface area contributed by atoms with E-state index in [9.17, 15) is 49.2 Å². The molecule has 4 aliphatic heterocycles. The van der Waals surface area contributed by atoms with Gasteiger partial charge < -0.3 is 136 Å². The van der Waals surface area contributed by atoms with Crippen molar-refractivity contribution in [2.45, 2.75) is 239 Å². The van der Waals surface area contributed by atoms with E-state index in [1.165, 1.54) is 55.8 Å². The number of nitrogens with one attached hydrogen (secondary N) is 15. The van der Waals surface area contributed by atoms with Crippen LogP contribution in [-0.2, 0) is 107 Å². The molecule has 138 heavy (non-hydrogen) atoms. The summed E-state index contributed by atoms with van der Waals surface area (Å²) in [4.78, 5) is 271. The highest BCUT2D eigenvalue weighted by atomic mass is 32.2. The molecule has 45 nitrogen and oxygen atoms in total. The van der Waals surface area contributed by atoms with Crippen molar-refractivity contribution < 1.29 is 102 Å². The summed E-state index contributed by atoms with van der Waals surface area (Å²) in [5, 5.41) is 81.6. The van der Waals surface area contributed by atoms with Crippen LogP contribution in [0.5, 0.6) is 5.75 Å². The first-order valence-corrected chi connectivity index (χ1v) is 47.7. The van der Waals surface area contributed by atoms with Gasteiger partial charge in [-0.05, 0) is 118 Å². The first-order valence-electron chi connectivity index (χ1n) is 46.6. The molecule has 0 spiro atoms. The number of aromatic nitrogens is 4. The summed E-state index contributed by atoms with van der Waals surface area (Å²) in [5.41, 5.74) is 20.0. The zero-order chi connectivity index (χ0) is 100.0. The third-order valence-electron chi connectivity index (χ3n) is 25.1. The number of benzene rings is 3. The van der Waals surface area contributed by atoms with Crippen molar-refractivity contribution in [3.8, 4) is 5.75 Å². The molecule has 4 saturated heterocycles. The molecular formula is C92H128N24O21S. The number of unbranched alkanes of at least 4 members (excludes halogenated alkanes) is 2. The topological polar surface area (TPSA) is 682 Å². The van der Waals surface area contributed by atoms with E-state index >= 15 is 52.7 Å². The number of phenols is 1. The Hall–Kier alpha value is -13.8. The van der Waals surface area contributed by atoms with Crippen molar-refractivity contribution in [2.24, 2.45) is 17.2 Å². The molecule has 4 fully saturated rings. The number of piperidine rings is 1. The second kappa shape index (κ2) is 51.4. The summed E-state index contributed by atoms with van der Waals surface area (Å²) >= 11 is 0.768. The van der Waals surface area contributed by atoms with Gasteiger partial charge in [-0.15, -0.1) is 11.8 Å². The van der Waals surface area contributed by atoms with Gasteiger partial charge in [-0.25, -0.2) is 4.98 Å². The maximum Gasteiger partial charge on any atom is 0.305 e. The van der Waals surface area contributed by atoms with Crippen LogP contribution in [0.15, 0.2) is 97.7 Å². The van der Waals surface area contributed by atoms with Crippen LogP contribution in [0.25, 0.3) is 21.8 Å². The Bertz CT molecular complexity index is 5310. The number of aliphatic hydroxyl groups is 2. The lowest BCUT2D eigenvalue weighted by Gasteiger charge is -2.38. The summed E-state index contributed by atoms with van der Waals surface area (Å²) in [5.74, 6) is -18.3. The summed E-state index contributed by atoms with van der Waals surface area (Å²) < 4.78 is 0. The molecule has 1 unspecified atom stereocenters. The predicted molar refractivity (Wildman–Crippen MR) is 504 cm³/mol. The minimum absolute atomic E-state index is 0.0174. The number of imidazole rings is 1. The van der Waals surface area contributed by atoms with Crippen LogP contribution < -0.4 is 75.7 Å². The molecule has 0 saturated carbocycles. The number of hydrogen-bond donors (Lipinski definition) is 22. The van der Waals surface area contributed by atoms with Gasteiger partial charge in [0.05, 0.1) is 43.5 Å². The second-order valence-electron chi connectivity index (χ2n) is 35.1. The number of phenolic OH excluding ortho intramolecular Hbond substituents is 1. The van der Waals surface area contributed by atoms with Crippen molar-refractivity contribution in [3.05, 3.63) is 120 Å². The molecule has 3 aromatic carbocycles. The molecule has 3 aromatic heterocycles. The van der Waals surface area contributed by atoms with Gasteiger partial charge in [0.2, 0.25) is 94.5 Å². The Kier molecular flexibility index (Phi) is 39.6. The number of carboxylic acid groups (broad SMARTS) is 1. The first-order chi connectivity index (χ1) is 66.1. The predicted octanol–water partition coefficient (Wildman–Crippen LogP) is -3.10. The highest BCUT2D eigenvalue weighted by Crippen LogP contribution is 2.29. The molecule has 16 amide bonds. The van der Waals surface area contributed by atoms with Gasteiger partial charge in [0, 0.05) is 119 Å². The van der Waals surface area contributed by atoms with Crippen molar-refractivity contribution in [1.82, 2.24) is 103 Å². The number of primary amides is 1. The fourth-order valence-corrected chi connectivity index (χ4v) is 18.5. The molecule has 15 atom stereocenters. The van der Waals surface area contributed by atoms with Crippen LogP contribution in [0.2, 0.25) is 0 Å². The molecule has 0 radical (unpaired) electrons. The fraction of sp³-hybridized carbons (Fsp3) is 0.533.